The monoisotopic (exact) mass is 294 g/mol. The van der Waals surface area contributed by atoms with Gasteiger partial charge in [-0.25, -0.2) is 0 Å². The van der Waals surface area contributed by atoms with Gasteiger partial charge in [0, 0.05) is 6.42 Å². The Morgan fingerprint density at radius 1 is 0.667 bits per heavy atom. The Labute approximate surface area is 133 Å². The zero-order valence-corrected chi connectivity index (χ0v) is 14.5. The zero-order chi connectivity index (χ0) is 15.6. The first-order chi connectivity index (χ1) is 10.3. The average Bonchev–Trinajstić information content (AvgIpc) is 2.50. The molecule has 0 aliphatic heterocycles. The van der Waals surface area contributed by atoms with Gasteiger partial charge in [0.2, 0.25) is 0 Å². The van der Waals surface area contributed by atoms with Crippen LogP contribution in [0.4, 0.5) is 0 Å². The van der Waals surface area contributed by atoms with E-state index < -0.39 is 0 Å². The van der Waals surface area contributed by atoms with E-state index in [9.17, 15) is 4.79 Å². The van der Waals surface area contributed by atoms with Crippen molar-refractivity contribution in [3.63, 3.8) is 0 Å². The minimum absolute atomic E-state index is 0.199. The van der Waals surface area contributed by atoms with Gasteiger partial charge in [-0.15, -0.1) is 0 Å². The molecule has 0 saturated heterocycles. The predicted molar refractivity (Wildman–Crippen MR) is 94.8 cm³/mol. The van der Waals surface area contributed by atoms with Crippen LogP contribution in [0.1, 0.15) is 110 Å². The van der Waals surface area contributed by atoms with Crippen LogP contribution in [0.2, 0.25) is 0 Å². The first-order valence-electron chi connectivity index (χ1n) is 9.46. The Balaban J connectivity index is 2.99. The molecule has 0 N–H and O–H groups in total. The van der Waals surface area contributed by atoms with Crippen molar-refractivity contribution >= 4 is 5.78 Å². The van der Waals surface area contributed by atoms with Crippen LogP contribution in [-0.4, -0.2) is 5.78 Å². The fourth-order valence-corrected chi connectivity index (χ4v) is 2.77. The van der Waals surface area contributed by atoms with Crippen molar-refractivity contribution in [2.75, 3.05) is 0 Å². The molecule has 1 nitrogen and oxygen atoms in total. The summed E-state index contributed by atoms with van der Waals surface area (Å²) >= 11 is 0. The third-order valence-corrected chi connectivity index (χ3v) is 4.25. The van der Waals surface area contributed by atoms with Crippen LogP contribution < -0.4 is 0 Å². The minimum atomic E-state index is 0.199. The summed E-state index contributed by atoms with van der Waals surface area (Å²) in [5.41, 5.74) is 0. The van der Waals surface area contributed by atoms with Crippen LogP contribution in [0, 0.1) is 0 Å². The van der Waals surface area contributed by atoms with E-state index >= 15 is 0 Å². The first kappa shape index (κ1) is 20.4. The maximum atomic E-state index is 11.0. The Hall–Kier alpha value is -0.590. The van der Waals surface area contributed by atoms with Crippen LogP contribution in [-0.2, 0) is 4.79 Å². The molecule has 0 radical (unpaired) electrons. The van der Waals surface area contributed by atoms with Gasteiger partial charge in [-0.3, -0.25) is 4.79 Å². The van der Waals surface area contributed by atoms with Gasteiger partial charge < -0.3 is 0 Å². The van der Waals surface area contributed by atoms with Crippen molar-refractivity contribution in [1.82, 2.24) is 0 Å². The van der Waals surface area contributed by atoms with Crippen LogP contribution >= 0.6 is 0 Å². The van der Waals surface area contributed by atoms with Crippen molar-refractivity contribution < 1.29 is 4.79 Å². The highest BCUT2D eigenvalue weighted by molar-refractivity contribution is 5.88. The third-order valence-electron chi connectivity index (χ3n) is 4.25. The highest BCUT2D eigenvalue weighted by Gasteiger charge is 1.96. The minimum Gasteiger partial charge on any atom is -0.295 e. The third kappa shape index (κ3) is 17.4. The van der Waals surface area contributed by atoms with Crippen LogP contribution in [0.5, 0.6) is 0 Å². The molecule has 0 amide bonds. The van der Waals surface area contributed by atoms with Gasteiger partial charge in [-0.05, 0) is 12.5 Å². The molecular formula is C20H38O. The number of rotatable bonds is 17. The van der Waals surface area contributed by atoms with E-state index in [1.807, 2.05) is 0 Å². The summed E-state index contributed by atoms with van der Waals surface area (Å²) < 4.78 is 0. The van der Waals surface area contributed by atoms with Gasteiger partial charge >= 0.3 is 0 Å². The molecule has 21 heavy (non-hydrogen) atoms. The highest BCUT2D eigenvalue weighted by atomic mass is 16.1. The van der Waals surface area contributed by atoms with E-state index in [1.54, 1.807) is 0 Å². The molecular weight excluding hydrogens is 256 g/mol. The van der Waals surface area contributed by atoms with Gasteiger partial charge in [-0.2, -0.15) is 0 Å². The second kappa shape index (κ2) is 17.5. The summed E-state index contributed by atoms with van der Waals surface area (Å²) in [5.74, 6) is 0.199. The molecule has 0 unspecified atom stereocenters. The molecule has 124 valence electrons. The van der Waals surface area contributed by atoms with Crippen LogP contribution in [0.25, 0.3) is 0 Å². The summed E-state index contributed by atoms with van der Waals surface area (Å²) in [6.07, 6.45) is 22.7. The number of carbonyl (C=O) groups is 1. The van der Waals surface area contributed by atoms with E-state index in [1.165, 1.54) is 96.0 Å². The maximum absolute atomic E-state index is 11.0. The lowest BCUT2D eigenvalue weighted by Gasteiger charge is -2.03. The van der Waals surface area contributed by atoms with Gasteiger partial charge in [0.15, 0.2) is 5.78 Å². The van der Waals surface area contributed by atoms with E-state index in [0.717, 1.165) is 6.42 Å². The van der Waals surface area contributed by atoms with Crippen molar-refractivity contribution in [3.8, 4) is 0 Å². The van der Waals surface area contributed by atoms with E-state index in [-0.39, 0.29) is 5.78 Å². The SMILES string of the molecule is C=CC(=O)CCCCCCCCCCCCCCCCC. The first-order valence-corrected chi connectivity index (χ1v) is 9.46. The van der Waals surface area contributed by atoms with Crippen molar-refractivity contribution in [1.29, 1.82) is 0 Å². The van der Waals surface area contributed by atoms with Crippen LogP contribution in [0.15, 0.2) is 12.7 Å². The molecule has 0 aromatic heterocycles. The molecule has 1 heteroatoms. The van der Waals surface area contributed by atoms with Crippen molar-refractivity contribution in [2.45, 2.75) is 110 Å². The summed E-state index contributed by atoms with van der Waals surface area (Å²) in [6, 6.07) is 0. The lowest BCUT2D eigenvalue weighted by Crippen LogP contribution is -1.91. The molecule has 0 saturated carbocycles. The molecule has 0 fully saturated rings. The topological polar surface area (TPSA) is 17.1 Å². The molecule has 0 aromatic rings. The molecule has 0 rings (SSSR count). The molecule has 0 bridgehead atoms. The number of unbranched alkanes of at least 4 members (excludes halogenated alkanes) is 14. The summed E-state index contributed by atoms with van der Waals surface area (Å²) in [5, 5.41) is 0. The Morgan fingerprint density at radius 3 is 1.33 bits per heavy atom. The Kier molecular flexibility index (Phi) is 17.0. The van der Waals surface area contributed by atoms with Gasteiger partial charge in [0.1, 0.15) is 0 Å². The number of carbonyl (C=O) groups excluding carboxylic acids is 1. The summed E-state index contributed by atoms with van der Waals surface area (Å²) in [6.45, 7) is 5.78. The number of allylic oxidation sites excluding steroid dienone is 1. The Morgan fingerprint density at radius 2 is 1.00 bits per heavy atom. The van der Waals surface area contributed by atoms with Gasteiger partial charge in [-0.1, -0.05) is 103 Å². The number of hydrogen-bond acceptors (Lipinski definition) is 1. The van der Waals surface area contributed by atoms with Crippen molar-refractivity contribution in [3.05, 3.63) is 12.7 Å². The van der Waals surface area contributed by atoms with Gasteiger partial charge in [0.25, 0.3) is 0 Å². The van der Waals surface area contributed by atoms with Gasteiger partial charge in [0.05, 0.1) is 0 Å². The lowest BCUT2D eigenvalue weighted by molar-refractivity contribution is -0.114. The molecule has 0 aromatic carbocycles. The Bertz CT molecular complexity index is 232. The molecule has 0 aliphatic carbocycles. The lowest BCUT2D eigenvalue weighted by atomic mass is 10.0. The fraction of sp³-hybridized carbons (Fsp3) is 0.850. The van der Waals surface area contributed by atoms with Crippen LogP contribution in [0.3, 0.4) is 0 Å². The normalized spacial score (nSPS) is 10.7. The van der Waals surface area contributed by atoms with Crippen molar-refractivity contribution in [2.24, 2.45) is 0 Å². The quantitative estimate of drug-likeness (QED) is 0.208. The smallest absolute Gasteiger partial charge is 0.155 e. The average molecular weight is 295 g/mol. The molecule has 0 heterocycles. The predicted octanol–water partition coefficient (Wildman–Crippen LogP) is 7.00. The standard InChI is InChI=1S/C20H38O/c1-3-5-6-7-8-9-10-11-12-13-14-15-16-17-18-19-20(21)4-2/h4H,2-3,5-19H2,1H3. The maximum Gasteiger partial charge on any atom is 0.155 e. The zero-order valence-electron chi connectivity index (χ0n) is 14.5. The molecule has 0 atom stereocenters. The number of hydrogen-bond donors (Lipinski definition) is 0. The van der Waals surface area contributed by atoms with E-state index in [4.69, 9.17) is 0 Å². The summed E-state index contributed by atoms with van der Waals surface area (Å²) in [7, 11) is 0. The van der Waals surface area contributed by atoms with E-state index in [2.05, 4.69) is 13.5 Å². The largest absolute Gasteiger partial charge is 0.295 e. The second-order valence-corrected chi connectivity index (χ2v) is 6.37. The number of ketones is 1. The summed E-state index contributed by atoms with van der Waals surface area (Å²) in [4.78, 5) is 11.0. The fourth-order valence-electron chi connectivity index (χ4n) is 2.77. The second-order valence-electron chi connectivity index (χ2n) is 6.37. The molecule has 0 aliphatic rings. The highest BCUT2D eigenvalue weighted by Crippen LogP contribution is 2.13. The van der Waals surface area contributed by atoms with E-state index in [0.29, 0.717) is 6.42 Å². The molecule has 0 spiro atoms.